The van der Waals surface area contributed by atoms with Crippen molar-refractivity contribution in [2.24, 2.45) is 4.99 Å². The molecular formula is C24H28N2O3S2. The summed E-state index contributed by atoms with van der Waals surface area (Å²) in [5.74, 6) is 0.283. The molecule has 0 aliphatic carbocycles. The number of ether oxygens (including phenoxy) is 1. The zero-order valence-corrected chi connectivity index (χ0v) is 20.2. The monoisotopic (exact) mass is 456 g/mol. The first-order valence-electron chi connectivity index (χ1n) is 10.2. The Morgan fingerprint density at radius 1 is 1.10 bits per heavy atom. The summed E-state index contributed by atoms with van der Waals surface area (Å²) in [5.41, 5.74) is 3.23. The second-order valence-corrected chi connectivity index (χ2v) is 10.2. The third kappa shape index (κ3) is 5.46. The van der Waals surface area contributed by atoms with Crippen LogP contribution in [0.15, 0.2) is 47.5 Å². The summed E-state index contributed by atoms with van der Waals surface area (Å²) < 4.78 is 8.07. The average molecular weight is 457 g/mol. The van der Waals surface area contributed by atoms with Crippen LogP contribution in [-0.4, -0.2) is 35.1 Å². The van der Waals surface area contributed by atoms with Crippen molar-refractivity contribution in [1.29, 1.82) is 0 Å². The highest BCUT2D eigenvalue weighted by atomic mass is 32.2. The Labute approximate surface area is 191 Å². The molecule has 2 aromatic carbocycles. The molecule has 0 saturated carbocycles. The molecule has 1 heterocycles. The van der Waals surface area contributed by atoms with E-state index in [1.807, 2.05) is 47.2 Å². The number of carbonyl (C=O) groups excluding carboxylic acids is 2. The van der Waals surface area contributed by atoms with Gasteiger partial charge in [0.05, 0.1) is 22.4 Å². The van der Waals surface area contributed by atoms with Gasteiger partial charge < -0.3 is 9.30 Å². The topological polar surface area (TPSA) is 60.7 Å². The van der Waals surface area contributed by atoms with Gasteiger partial charge in [0.15, 0.2) is 4.80 Å². The fourth-order valence-corrected chi connectivity index (χ4v) is 4.62. The molecule has 0 aliphatic heterocycles. The van der Waals surface area contributed by atoms with Crippen molar-refractivity contribution in [1.82, 2.24) is 4.57 Å². The lowest BCUT2D eigenvalue weighted by atomic mass is 9.87. The Bertz CT molecular complexity index is 1150. The van der Waals surface area contributed by atoms with Crippen molar-refractivity contribution in [3.05, 3.63) is 64.0 Å². The molecule has 1 aromatic heterocycles. The minimum Gasteiger partial charge on any atom is -0.462 e. The van der Waals surface area contributed by atoms with E-state index in [0.717, 1.165) is 22.5 Å². The Hall–Kier alpha value is -2.38. The van der Waals surface area contributed by atoms with Gasteiger partial charge in [-0.15, -0.1) is 0 Å². The summed E-state index contributed by atoms with van der Waals surface area (Å²) in [6, 6.07) is 13.1. The lowest BCUT2D eigenvalue weighted by Crippen LogP contribution is -2.18. The molecule has 0 unspecified atom stereocenters. The average Bonchev–Trinajstić information content (AvgIpc) is 3.07. The maximum atomic E-state index is 12.9. The van der Waals surface area contributed by atoms with Crippen LogP contribution >= 0.6 is 23.1 Å². The molecule has 5 nitrogen and oxygen atoms in total. The predicted octanol–water partition coefficient (Wildman–Crippen LogP) is 5.28. The standard InChI is InChI=1S/C24H28N2O3S2/c1-6-29-22(28)17-9-12-19-20(15-17)31-23(26(19)13-14-30-5)25-21(27)16-7-10-18(11-8-16)24(2,3)4/h7-12,15H,6,13-14H2,1-5H3. The lowest BCUT2D eigenvalue weighted by Gasteiger charge is -2.18. The van der Waals surface area contributed by atoms with Gasteiger partial charge in [-0.3, -0.25) is 4.79 Å². The number of nitrogens with zero attached hydrogens (tertiary/aromatic N) is 2. The van der Waals surface area contributed by atoms with Crippen molar-refractivity contribution >= 4 is 45.2 Å². The molecule has 0 saturated heterocycles. The van der Waals surface area contributed by atoms with Crippen LogP contribution in [0.2, 0.25) is 0 Å². The largest absolute Gasteiger partial charge is 0.462 e. The van der Waals surface area contributed by atoms with E-state index in [2.05, 4.69) is 25.8 Å². The summed E-state index contributed by atoms with van der Waals surface area (Å²) in [6.45, 7) is 9.28. The van der Waals surface area contributed by atoms with Gasteiger partial charge in [-0.05, 0) is 54.5 Å². The Morgan fingerprint density at radius 2 is 1.77 bits per heavy atom. The summed E-state index contributed by atoms with van der Waals surface area (Å²) >= 11 is 3.15. The van der Waals surface area contributed by atoms with E-state index in [4.69, 9.17) is 4.74 Å². The molecule has 0 aliphatic rings. The van der Waals surface area contributed by atoms with E-state index in [-0.39, 0.29) is 17.3 Å². The number of thiazole rings is 1. The minimum absolute atomic E-state index is 0.0294. The normalized spacial score (nSPS) is 12.4. The van der Waals surface area contributed by atoms with E-state index < -0.39 is 0 Å². The van der Waals surface area contributed by atoms with Crippen molar-refractivity contribution in [3.63, 3.8) is 0 Å². The third-order valence-corrected chi connectivity index (χ3v) is 6.54. The molecule has 0 N–H and O–H groups in total. The Kier molecular flexibility index (Phi) is 7.38. The van der Waals surface area contributed by atoms with Crippen LogP contribution < -0.4 is 4.80 Å². The van der Waals surface area contributed by atoms with E-state index in [1.165, 1.54) is 16.9 Å². The van der Waals surface area contributed by atoms with E-state index in [1.54, 1.807) is 24.8 Å². The van der Waals surface area contributed by atoms with Crippen LogP contribution in [0.25, 0.3) is 10.2 Å². The number of carbonyl (C=O) groups is 2. The maximum absolute atomic E-state index is 12.9. The molecule has 0 atom stereocenters. The first kappa shape index (κ1) is 23.3. The summed E-state index contributed by atoms with van der Waals surface area (Å²) in [5, 5.41) is 0. The number of thioether (sulfide) groups is 1. The number of aryl methyl sites for hydroxylation is 1. The first-order chi connectivity index (χ1) is 14.7. The highest BCUT2D eigenvalue weighted by Crippen LogP contribution is 2.23. The van der Waals surface area contributed by atoms with Gasteiger partial charge in [-0.2, -0.15) is 16.8 Å². The van der Waals surface area contributed by atoms with Crippen LogP contribution in [0.5, 0.6) is 0 Å². The molecule has 0 spiro atoms. The number of esters is 1. The third-order valence-electron chi connectivity index (χ3n) is 4.91. The SMILES string of the molecule is CCOC(=O)c1ccc2c(c1)sc(=NC(=O)c1ccc(C(C)(C)C)cc1)n2CCSC. The van der Waals surface area contributed by atoms with Crippen LogP contribution in [-0.2, 0) is 16.7 Å². The second-order valence-electron chi connectivity index (χ2n) is 8.18. The van der Waals surface area contributed by atoms with Gasteiger partial charge in [0.25, 0.3) is 5.91 Å². The molecular weight excluding hydrogens is 428 g/mol. The number of benzene rings is 2. The number of hydrogen-bond donors (Lipinski definition) is 0. The number of hydrogen-bond acceptors (Lipinski definition) is 5. The number of amides is 1. The smallest absolute Gasteiger partial charge is 0.338 e. The fraction of sp³-hybridized carbons (Fsp3) is 0.375. The van der Waals surface area contributed by atoms with E-state index >= 15 is 0 Å². The van der Waals surface area contributed by atoms with Crippen molar-refractivity contribution in [2.45, 2.75) is 39.7 Å². The van der Waals surface area contributed by atoms with Gasteiger partial charge in [0.2, 0.25) is 0 Å². The summed E-state index contributed by atoms with van der Waals surface area (Å²) in [7, 11) is 0. The molecule has 7 heteroatoms. The van der Waals surface area contributed by atoms with Crippen LogP contribution in [0, 0.1) is 0 Å². The highest BCUT2D eigenvalue weighted by molar-refractivity contribution is 7.98. The molecule has 0 fully saturated rings. The van der Waals surface area contributed by atoms with Gasteiger partial charge in [0, 0.05) is 17.9 Å². The summed E-state index contributed by atoms with van der Waals surface area (Å²) in [4.78, 5) is 30.1. The van der Waals surface area contributed by atoms with Crippen LogP contribution in [0.3, 0.4) is 0 Å². The Morgan fingerprint density at radius 3 is 2.39 bits per heavy atom. The maximum Gasteiger partial charge on any atom is 0.338 e. The quantitative estimate of drug-likeness (QED) is 0.474. The predicted molar refractivity (Wildman–Crippen MR) is 129 cm³/mol. The van der Waals surface area contributed by atoms with Gasteiger partial charge >= 0.3 is 5.97 Å². The van der Waals surface area contributed by atoms with Gasteiger partial charge in [0.1, 0.15) is 0 Å². The van der Waals surface area contributed by atoms with E-state index in [0.29, 0.717) is 22.5 Å². The van der Waals surface area contributed by atoms with Crippen LogP contribution in [0.1, 0.15) is 54.0 Å². The molecule has 3 rings (SSSR count). The molecule has 3 aromatic rings. The molecule has 0 bridgehead atoms. The number of aromatic nitrogens is 1. The molecule has 164 valence electrons. The Balaban J connectivity index is 2.03. The van der Waals surface area contributed by atoms with Crippen LogP contribution in [0.4, 0.5) is 0 Å². The molecule has 0 radical (unpaired) electrons. The second kappa shape index (κ2) is 9.83. The molecule has 31 heavy (non-hydrogen) atoms. The zero-order valence-electron chi connectivity index (χ0n) is 18.6. The van der Waals surface area contributed by atoms with Gasteiger partial charge in [-0.25, -0.2) is 4.79 Å². The van der Waals surface area contributed by atoms with Gasteiger partial charge in [-0.1, -0.05) is 44.2 Å². The fourth-order valence-electron chi connectivity index (χ4n) is 3.16. The summed E-state index contributed by atoms with van der Waals surface area (Å²) in [6.07, 6.45) is 2.05. The van der Waals surface area contributed by atoms with Crippen molar-refractivity contribution < 1.29 is 14.3 Å². The first-order valence-corrected chi connectivity index (χ1v) is 12.4. The van der Waals surface area contributed by atoms with Crippen molar-refractivity contribution in [3.8, 4) is 0 Å². The minimum atomic E-state index is -0.345. The number of rotatable bonds is 6. The zero-order chi connectivity index (χ0) is 22.6. The highest BCUT2D eigenvalue weighted by Gasteiger charge is 2.15. The van der Waals surface area contributed by atoms with E-state index in [9.17, 15) is 9.59 Å². The lowest BCUT2D eigenvalue weighted by molar-refractivity contribution is 0.0526. The van der Waals surface area contributed by atoms with Crippen molar-refractivity contribution in [2.75, 3.05) is 18.6 Å². The number of fused-ring (bicyclic) bond motifs is 1. The molecule has 1 amide bonds.